The zero-order chi connectivity index (χ0) is 17.8. The highest BCUT2D eigenvalue weighted by atomic mass is 35.5. The summed E-state index contributed by atoms with van der Waals surface area (Å²) in [6.07, 6.45) is 0. The Morgan fingerprint density at radius 2 is 1.58 bits per heavy atom. The highest BCUT2D eigenvalue weighted by Gasteiger charge is 2.28. The predicted octanol–water partition coefficient (Wildman–Crippen LogP) is 5.61. The lowest BCUT2D eigenvalue weighted by Crippen LogP contribution is -2.21. The first kappa shape index (κ1) is 17.0. The van der Waals surface area contributed by atoms with E-state index in [2.05, 4.69) is 65.6 Å². The molecule has 0 fully saturated rings. The Morgan fingerprint density at radius 1 is 0.885 bits per heavy atom. The van der Waals surface area contributed by atoms with Gasteiger partial charge >= 0.3 is 0 Å². The second kappa shape index (κ2) is 7.84. The Kier molecular flexibility index (Phi) is 5.12. The van der Waals surface area contributed by atoms with Crippen LogP contribution in [-0.4, -0.2) is 12.4 Å². The number of benzene rings is 3. The number of halogens is 1. The van der Waals surface area contributed by atoms with Crippen molar-refractivity contribution in [2.24, 2.45) is 0 Å². The molecule has 0 aliphatic carbocycles. The smallest absolute Gasteiger partial charge is 0.121 e. The molecule has 0 aromatic heterocycles. The largest absolute Gasteiger partial charge is 0.489 e. The minimum atomic E-state index is 0.374. The number of ether oxygens (including phenoxy) is 1. The average Bonchev–Trinajstić information content (AvgIpc) is 3.05. The molecule has 0 radical (unpaired) electrons. The molecule has 0 saturated carbocycles. The highest BCUT2D eigenvalue weighted by Crippen LogP contribution is 2.40. The molecule has 3 aromatic rings. The second-order valence-electron chi connectivity index (χ2n) is 6.71. The summed E-state index contributed by atoms with van der Waals surface area (Å²) < 4.78 is 6.03. The van der Waals surface area contributed by atoms with Gasteiger partial charge in [-0.25, -0.2) is 0 Å². The molecule has 26 heavy (non-hydrogen) atoms. The maximum absolute atomic E-state index is 6.23. The fourth-order valence-electron chi connectivity index (χ4n) is 3.52. The van der Waals surface area contributed by atoms with Crippen LogP contribution in [-0.2, 0) is 13.2 Å². The van der Waals surface area contributed by atoms with Crippen LogP contribution < -0.4 is 9.64 Å². The van der Waals surface area contributed by atoms with Gasteiger partial charge < -0.3 is 9.64 Å². The molecule has 1 atom stereocenters. The molecule has 0 unspecified atom stereocenters. The lowest BCUT2D eigenvalue weighted by Gasteiger charge is -2.20. The van der Waals surface area contributed by atoms with E-state index in [1.54, 1.807) is 0 Å². The van der Waals surface area contributed by atoms with Gasteiger partial charge in [0.1, 0.15) is 12.4 Å². The monoisotopic (exact) mass is 363 g/mol. The van der Waals surface area contributed by atoms with Crippen LogP contribution in [0.5, 0.6) is 5.75 Å². The Bertz CT molecular complexity index is 851. The Labute approximate surface area is 160 Å². The van der Waals surface area contributed by atoms with Gasteiger partial charge in [0.2, 0.25) is 0 Å². The van der Waals surface area contributed by atoms with Crippen molar-refractivity contribution in [1.29, 1.82) is 0 Å². The lowest BCUT2D eigenvalue weighted by molar-refractivity contribution is 0.306. The normalized spacial score (nSPS) is 15.7. The van der Waals surface area contributed by atoms with Gasteiger partial charge in [-0.1, -0.05) is 66.7 Å². The first-order chi connectivity index (χ1) is 12.8. The van der Waals surface area contributed by atoms with Crippen LogP contribution >= 0.6 is 11.6 Å². The van der Waals surface area contributed by atoms with Crippen LogP contribution in [0.2, 0.25) is 0 Å². The van der Waals surface area contributed by atoms with E-state index in [1.165, 1.54) is 22.4 Å². The van der Waals surface area contributed by atoms with Gasteiger partial charge in [-0.2, -0.15) is 0 Å². The lowest BCUT2D eigenvalue weighted by atomic mass is 10.0. The molecular formula is C23H22ClNO. The Hall–Kier alpha value is -2.45. The molecule has 0 bridgehead atoms. The number of hydrogen-bond acceptors (Lipinski definition) is 2. The van der Waals surface area contributed by atoms with Gasteiger partial charge in [0, 0.05) is 36.6 Å². The van der Waals surface area contributed by atoms with Gasteiger partial charge in [-0.3, -0.25) is 0 Å². The van der Waals surface area contributed by atoms with Gasteiger partial charge in [0.15, 0.2) is 0 Å². The number of fused-ring (bicyclic) bond motifs is 1. The van der Waals surface area contributed by atoms with Gasteiger partial charge in [0.25, 0.3) is 0 Å². The maximum atomic E-state index is 6.23. The summed E-state index contributed by atoms with van der Waals surface area (Å²) in [4.78, 5) is 2.41. The third-order valence-corrected chi connectivity index (χ3v) is 5.25. The fraction of sp³-hybridized carbons (Fsp3) is 0.217. The Balaban J connectivity index is 1.54. The van der Waals surface area contributed by atoms with E-state index in [0.717, 1.165) is 18.8 Å². The molecule has 132 valence electrons. The number of anilines is 1. The molecular weight excluding hydrogens is 342 g/mol. The van der Waals surface area contributed by atoms with Crippen molar-refractivity contribution in [3.8, 4) is 5.75 Å². The summed E-state index contributed by atoms with van der Waals surface area (Å²) in [6.45, 7) is 2.43. The van der Waals surface area contributed by atoms with E-state index in [0.29, 0.717) is 18.4 Å². The van der Waals surface area contributed by atoms with Crippen LogP contribution in [0.25, 0.3) is 0 Å². The topological polar surface area (TPSA) is 12.5 Å². The molecule has 2 nitrogen and oxygen atoms in total. The van der Waals surface area contributed by atoms with Crippen LogP contribution in [0.15, 0.2) is 78.9 Å². The number of alkyl halides is 1. The summed E-state index contributed by atoms with van der Waals surface area (Å²) in [5.41, 5.74) is 5.05. The second-order valence-corrected chi connectivity index (χ2v) is 7.02. The number of rotatable bonds is 6. The van der Waals surface area contributed by atoms with E-state index in [9.17, 15) is 0 Å². The van der Waals surface area contributed by atoms with Crippen LogP contribution in [0, 0.1) is 0 Å². The van der Waals surface area contributed by atoms with Crippen molar-refractivity contribution in [2.75, 3.05) is 17.3 Å². The van der Waals surface area contributed by atoms with E-state index in [-0.39, 0.29) is 0 Å². The molecule has 0 spiro atoms. The minimum absolute atomic E-state index is 0.374. The molecule has 1 heterocycles. The SMILES string of the molecule is ClC[C@@H]1CN(Cc2ccccc2)c2cc(OCc3ccccc3)ccc21. The van der Waals surface area contributed by atoms with Crippen LogP contribution in [0.3, 0.4) is 0 Å². The van der Waals surface area contributed by atoms with Gasteiger partial charge in [0.05, 0.1) is 0 Å². The standard InChI is InChI=1S/C23H22ClNO/c24-14-20-16-25(15-18-7-3-1-4-8-18)23-13-21(11-12-22(20)23)26-17-19-9-5-2-6-10-19/h1-13,20H,14-17H2/t20-/m1/s1. The third-order valence-electron chi connectivity index (χ3n) is 4.87. The molecule has 0 amide bonds. The predicted molar refractivity (Wildman–Crippen MR) is 108 cm³/mol. The molecule has 3 heteroatoms. The van der Waals surface area contributed by atoms with E-state index in [4.69, 9.17) is 16.3 Å². The molecule has 1 aliphatic heterocycles. The molecule has 1 aliphatic rings. The molecule has 0 N–H and O–H groups in total. The third kappa shape index (κ3) is 3.71. The van der Waals surface area contributed by atoms with Gasteiger partial charge in [-0.15, -0.1) is 11.6 Å². The van der Waals surface area contributed by atoms with E-state index >= 15 is 0 Å². The minimum Gasteiger partial charge on any atom is -0.489 e. The molecule has 0 saturated heterocycles. The van der Waals surface area contributed by atoms with Crippen molar-refractivity contribution in [2.45, 2.75) is 19.1 Å². The van der Waals surface area contributed by atoms with Crippen molar-refractivity contribution in [3.63, 3.8) is 0 Å². The Morgan fingerprint density at radius 3 is 2.27 bits per heavy atom. The maximum Gasteiger partial charge on any atom is 0.121 e. The van der Waals surface area contributed by atoms with Gasteiger partial charge in [-0.05, 0) is 22.8 Å². The van der Waals surface area contributed by atoms with Crippen molar-refractivity contribution >= 4 is 17.3 Å². The fourth-order valence-corrected chi connectivity index (χ4v) is 3.79. The van der Waals surface area contributed by atoms with Crippen LogP contribution in [0.4, 0.5) is 5.69 Å². The zero-order valence-corrected chi connectivity index (χ0v) is 15.4. The van der Waals surface area contributed by atoms with Crippen molar-refractivity contribution in [3.05, 3.63) is 95.6 Å². The molecule has 4 rings (SSSR count). The van der Waals surface area contributed by atoms with E-state index < -0.39 is 0 Å². The first-order valence-corrected chi connectivity index (χ1v) is 9.52. The quantitative estimate of drug-likeness (QED) is 0.528. The summed E-state index contributed by atoms with van der Waals surface area (Å²) in [5.74, 6) is 1.92. The van der Waals surface area contributed by atoms with E-state index in [1.807, 2.05) is 18.2 Å². The first-order valence-electron chi connectivity index (χ1n) is 8.99. The summed E-state index contributed by atoms with van der Waals surface area (Å²) in [6, 6.07) is 27.2. The van der Waals surface area contributed by atoms with Crippen molar-refractivity contribution < 1.29 is 4.74 Å². The van der Waals surface area contributed by atoms with Crippen molar-refractivity contribution in [1.82, 2.24) is 0 Å². The highest BCUT2D eigenvalue weighted by molar-refractivity contribution is 6.18. The molecule has 3 aromatic carbocycles. The summed E-state index contributed by atoms with van der Waals surface area (Å²) in [5, 5.41) is 0. The average molecular weight is 364 g/mol. The number of hydrogen-bond donors (Lipinski definition) is 0. The summed E-state index contributed by atoms with van der Waals surface area (Å²) >= 11 is 6.23. The summed E-state index contributed by atoms with van der Waals surface area (Å²) in [7, 11) is 0. The van der Waals surface area contributed by atoms with Crippen LogP contribution in [0.1, 0.15) is 22.6 Å². The number of nitrogens with zero attached hydrogens (tertiary/aromatic N) is 1. The zero-order valence-electron chi connectivity index (χ0n) is 14.6.